The molecular weight excluding hydrogens is 365 g/mol. The Morgan fingerprint density at radius 1 is 1.04 bits per heavy atom. The van der Waals surface area contributed by atoms with Crippen LogP contribution in [0.15, 0.2) is 59.5 Å². The van der Waals surface area contributed by atoms with E-state index in [4.69, 9.17) is 0 Å². The molecule has 2 aromatic rings. The minimum Gasteiger partial charge on any atom is -0.297 e. The SMILES string of the molecule is O=S(=O)(NC1CCN(Cc2ccccc2)C1)c1ccccc1C(F)(F)F. The summed E-state index contributed by atoms with van der Waals surface area (Å²) >= 11 is 0. The third-order valence-electron chi connectivity index (χ3n) is 4.33. The van der Waals surface area contributed by atoms with Gasteiger partial charge in [-0.25, -0.2) is 13.1 Å². The number of nitrogens with one attached hydrogen (secondary N) is 1. The van der Waals surface area contributed by atoms with Crippen LogP contribution in [0.1, 0.15) is 17.5 Å². The van der Waals surface area contributed by atoms with Crippen LogP contribution in [0.3, 0.4) is 0 Å². The average molecular weight is 384 g/mol. The van der Waals surface area contributed by atoms with Crippen molar-refractivity contribution >= 4 is 10.0 Å². The van der Waals surface area contributed by atoms with Gasteiger partial charge in [0.2, 0.25) is 10.0 Å². The molecule has 26 heavy (non-hydrogen) atoms. The smallest absolute Gasteiger partial charge is 0.297 e. The summed E-state index contributed by atoms with van der Waals surface area (Å²) in [6, 6.07) is 13.6. The summed E-state index contributed by atoms with van der Waals surface area (Å²) in [4.78, 5) is 1.35. The normalized spacial score (nSPS) is 19.0. The molecule has 3 rings (SSSR count). The lowest BCUT2D eigenvalue weighted by Crippen LogP contribution is -2.37. The number of hydrogen-bond donors (Lipinski definition) is 1. The van der Waals surface area contributed by atoms with E-state index in [9.17, 15) is 21.6 Å². The first-order valence-electron chi connectivity index (χ1n) is 8.20. The minimum absolute atomic E-state index is 0.412. The maximum absolute atomic E-state index is 13.1. The molecule has 1 aliphatic heterocycles. The number of benzene rings is 2. The van der Waals surface area contributed by atoms with E-state index in [0.29, 0.717) is 26.1 Å². The van der Waals surface area contributed by atoms with E-state index in [1.165, 1.54) is 12.1 Å². The number of nitrogens with zero attached hydrogens (tertiary/aromatic N) is 1. The highest BCUT2D eigenvalue weighted by atomic mass is 32.2. The molecule has 0 saturated carbocycles. The number of rotatable bonds is 5. The first-order chi connectivity index (χ1) is 12.3. The van der Waals surface area contributed by atoms with E-state index in [-0.39, 0.29) is 0 Å². The van der Waals surface area contributed by atoms with E-state index in [2.05, 4.69) is 9.62 Å². The van der Waals surface area contributed by atoms with Crippen LogP contribution in [-0.4, -0.2) is 32.4 Å². The molecule has 1 aliphatic rings. The summed E-state index contributed by atoms with van der Waals surface area (Å²) in [5, 5.41) is 0. The quantitative estimate of drug-likeness (QED) is 0.861. The first-order valence-corrected chi connectivity index (χ1v) is 9.69. The van der Waals surface area contributed by atoms with Gasteiger partial charge in [-0.3, -0.25) is 4.90 Å². The molecule has 0 bridgehead atoms. The van der Waals surface area contributed by atoms with Gasteiger partial charge in [0.05, 0.1) is 10.5 Å². The van der Waals surface area contributed by atoms with Crippen molar-refractivity contribution < 1.29 is 21.6 Å². The van der Waals surface area contributed by atoms with Gasteiger partial charge >= 0.3 is 6.18 Å². The van der Waals surface area contributed by atoms with Gasteiger partial charge in [0.15, 0.2) is 0 Å². The maximum atomic E-state index is 13.1. The van der Waals surface area contributed by atoms with Crippen molar-refractivity contribution in [3.05, 3.63) is 65.7 Å². The second-order valence-corrected chi connectivity index (χ2v) is 8.00. The highest BCUT2D eigenvalue weighted by Crippen LogP contribution is 2.34. The summed E-state index contributed by atoms with van der Waals surface area (Å²) < 4.78 is 66.7. The van der Waals surface area contributed by atoms with Crippen LogP contribution >= 0.6 is 0 Å². The molecular formula is C18H19F3N2O2S. The van der Waals surface area contributed by atoms with Gasteiger partial charge in [-0.15, -0.1) is 0 Å². The molecule has 0 aliphatic carbocycles. The zero-order valence-corrected chi connectivity index (χ0v) is 14.7. The van der Waals surface area contributed by atoms with E-state index >= 15 is 0 Å². The van der Waals surface area contributed by atoms with Crippen molar-refractivity contribution in [1.29, 1.82) is 0 Å². The zero-order chi connectivity index (χ0) is 18.8. The van der Waals surface area contributed by atoms with E-state index < -0.39 is 32.7 Å². The van der Waals surface area contributed by atoms with Crippen molar-refractivity contribution in [2.75, 3.05) is 13.1 Å². The molecule has 1 heterocycles. The Kier molecular flexibility index (Phi) is 5.36. The standard InChI is InChI=1S/C18H19F3N2O2S/c19-18(20,21)16-8-4-5-9-17(16)26(24,25)22-15-10-11-23(13-15)12-14-6-2-1-3-7-14/h1-9,15,22H,10-13H2. The second-order valence-electron chi connectivity index (χ2n) is 6.32. The van der Waals surface area contributed by atoms with Crippen LogP contribution < -0.4 is 4.72 Å². The van der Waals surface area contributed by atoms with Crippen LogP contribution in [0, 0.1) is 0 Å². The van der Waals surface area contributed by atoms with Crippen LogP contribution in [0.2, 0.25) is 0 Å². The van der Waals surface area contributed by atoms with Gasteiger partial charge in [-0.2, -0.15) is 13.2 Å². The average Bonchev–Trinajstić information content (AvgIpc) is 3.01. The molecule has 0 radical (unpaired) electrons. The Hall–Kier alpha value is -1.90. The lowest BCUT2D eigenvalue weighted by atomic mass is 10.2. The Morgan fingerprint density at radius 2 is 1.69 bits per heavy atom. The number of likely N-dealkylation sites (tertiary alicyclic amines) is 1. The van der Waals surface area contributed by atoms with Gasteiger partial charge in [0.1, 0.15) is 0 Å². The van der Waals surface area contributed by atoms with Gasteiger partial charge in [0, 0.05) is 25.7 Å². The number of halogens is 3. The van der Waals surface area contributed by atoms with Crippen molar-refractivity contribution in [1.82, 2.24) is 9.62 Å². The van der Waals surface area contributed by atoms with E-state index in [1.807, 2.05) is 30.3 Å². The summed E-state index contributed by atoms with van der Waals surface area (Å²) in [5.74, 6) is 0. The summed E-state index contributed by atoms with van der Waals surface area (Å²) in [6.07, 6.45) is -4.17. The fraction of sp³-hybridized carbons (Fsp3) is 0.333. The van der Waals surface area contributed by atoms with Crippen LogP contribution in [0.4, 0.5) is 13.2 Å². The zero-order valence-electron chi connectivity index (χ0n) is 13.9. The number of hydrogen-bond acceptors (Lipinski definition) is 3. The summed E-state index contributed by atoms with van der Waals surface area (Å²) in [5.41, 5.74) is -0.0370. The Morgan fingerprint density at radius 3 is 2.38 bits per heavy atom. The Bertz CT molecular complexity index is 854. The molecule has 1 fully saturated rings. The van der Waals surface area contributed by atoms with Crippen LogP contribution in [-0.2, 0) is 22.7 Å². The Balaban J connectivity index is 1.70. The number of alkyl halides is 3. The topological polar surface area (TPSA) is 49.4 Å². The molecule has 0 spiro atoms. The lowest BCUT2D eigenvalue weighted by molar-refractivity contribution is -0.139. The second kappa shape index (κ2) is 7.38. The highest BCUT2D eigenvalue weighted by Gasteiger charge is 2.38. The molecule has 140 valence electrons. The minimum atomic E-state index is -4.72. The number of sulfonamides is 1. The first kappa shape index (κ1) is 18.9. The maximum Gasteiger partial charge on any atom is 0.417 e. The van der Waals surface area contributed by atoms with Gasteiger partial charge in [-0.1, -0.05) is 42.5 Å². The fourth-order valence-corrected chi connectivity index (χ4v) is 4.62. The fourth-order valence-electron chi connectivity index (χ4n) is 3.13. The molecule has 0 aromatic heterocycles. The summed E-state index contributed by atoms with van der Waals surface area (Å²) in [7, 11) is -4.25. The monoisotopic (exact) mass is 384 g/mol. The lowest BCUT2D eigenvalue weighted by Gasteiger charge is -2.18. The van der Waals surface area contributed by atoms with Crippen molar-refractivity contribution in [3.63, 3.8) is 0 Å². The largest absolute Gasteiger partial charge is 0.417 e. The molecule has 1 saturated heterocycles. The van der Waals surface area contributed by atoms with Gasteiger partial charge < -0.3 is 0 Å². The van der Waals surface area contributed by atoms with Crippen LogP contribution in [0.25, 0.3) is 0 Å². The van der Waals surface area contributed by atoms with Crippen molar-refractivity contribution in [2.45, 2.75) is 30.1 Å². The van der Waals surface area contributed by atoms with Crippen LogP contribution in [0.5, 0.6) is 0 Å². The van der Waals surface area contributed by atoms with Crippen molar-refractivity contribution in [2.24, 2.45) is 0 Å². The third kappa shape index (κ3) is 4.44. The molecule has 0 amide bonds. The highest BCUT2D eigenvalue weighted by molar-refractivity contribution is 7.89. The molecule has 2 aromatic carbocycles. The predicted octanol–water partition coefficient (Wildman–Crippen LogP) is 3.26. The van der Waals surface area contributed by atoms with Gasteiger partial charge in [-0.05, 0) is 24.1 Å². The Labute approximate surface area is 150 Å². The molecule has 1 N–H and O–H groups in total. The van der Waals surface area contributed by atoms with Gasteiger partial charge in [0.25, 0.3) is 0 Å². The molecule has 4 nitrogen and oxygen atoms in total. The third-order valence-corrected chi connectivity index (χ3v) is 5.90. The summed E-state index contributed by atoms with van der Waals surface area (Å²) in [6.45, 7) is 1.82. The predicted molar refractivity (Wildman–Crippen MR) is 91.9 cm³/mol. The molecule has 1 unspecified atom stereocenters. The molecule has 8 heteroatoms. The van der Waals surface area contributed by atoms with E-state index in [1.54, 1.807) is 0 Å². The van der Waals surface area contributed by atoms with Crippen molar-refractivity contribution in [3.8, 4) is 0 Å². The van der Waals surface area contributed by atoms with E-state index in [0.717, 1.165) is 17.7 Å². The molecule has 1 atom stereocenters.